The van der Waals surface area contributed by atoms with Gasteiger partial charge < -0.3 is 25.0 Å². The number of alkyl halides is 2. The molecule has 10 nitrogen and oxygen atoms in total. The number of hydrogen-bond acceptors (Lipinski definition) is 10. The molecular formula is C34H32ClF4N7O3S. The van der Waals surface area contributed by atoms with Crippen molar-refractivity contribution in [3.05, 3.63) is 34.4 Å². The summed E-state index contributed by atoms with van der Waals surface area (Å²) in [6, 6.07) is 1.83. The Labute approximate surface area is 293 Å². The number of nitriles is 1. The molecule has 2 aromatic heterocycles. The smallest absolute Gasteiger partial charge is 0.319 e. The second-order valence-electron chi connectivity index (χ2n) is 13.7. The zero-order valence-corrected chi connectivity index (χ0v) is 28.7. The molecule has 50 heavy (non-hydrogen) atoms. The monoisotopic (exact) mass is 729 g/mol. The van der Waals surface area contributed by atoms with E-state index in [2.05, 4.69) is 16.8 Å². The van der Waals surface area contributed by atoms with E-state index in [1.54, 1.807) is 4.90 Å². The van der Waals surface area contributed by atoms with E-state index < -0.39 is 36.1 Å². The first-order valence-electron chi connectivity index (χ1n) is 16.4. The van der Waals surface area contributed by atoms with Crippen molar-refractivity contribution in [2.75, 3.05) is 50.5 Å². The van der Waals surface area contributed by atoms with Crippen molar-refractivity contribution in [2.24, 2.45) is 5.92 Å². The Hall–Kier alpha value is -4.13. The number of hydrogen-bond donors (Lipinski definition) is 1. The Morgan fingerprint density at radius 1 is 1.26 bits per heavy atom. The van der Waals surface area contributed by atoms with E-state index >= 15 is 8.78 Å². The number of likely N-dealkylation sites (N-methyl/N-ethyl adjacent to an activating group) is 1. The Bertz CT molecular complexity index is 2130. The van der Waals surface area contributed by atoms with Crippen LogP contribution in [0.15, 0.2) is 12.1 Å². The fraction of sp³-hybridized carbons (Fsp3) is 0.471. The van der Waals surface area contributed by atoms with Crippen LogP contribution in [-0.4, -0.2) is 89.6 Å². The molecule has 0 radical (unpaired) electrons. The lowest BCUT2D eigenvalue weighted by atomic mass is 9.92. The van der Waals surface area contributed by atoms with Gasteiger partial charge in [-0.2, -0.15) is 15.2 Å². The minimum absolute atomic E-state index is 0.0291. The predicted octanol–water partition coefficient (Wildman–Crippen LogP) is 6.21. The molecule has 4 aromatic rings. The van der Waals surface area contributed by atoms with Gasteiger partial charge in [0.05, 0.1) is 32.3 Å². The number of nitrogens with zero attached hydrogens (tertiary/aromatic N) is 6. The predicted molar refractivity (Wildman–Crippen MR) is 181 cm³/mol. The minimum Gasteiger partial charge on any atom is -0.488 e. The number of carbonyl (C=O) groups is 1. The largest absolute Gasteiger partial charge is 0.488 e. The number of nitrogens with two attached hydrogens (primary N) is 1. The molecule has 16 heteroatoms. The summed E-state index contributed by atoms with van der Waals surface area (Å²) in [6.45, 7) is 3.95. The molecule has 2 aromatic carbocycles. The minimum atomic E-state index is -2.79. The lowest BCUT2D eigenvalue weighted by Gasteiger charge is -2.32. The number of halogens is 5. The average Bonchev–Trinajstić information content (AvgIpc) is 3.66. The van der Waals surface area contributed by atoms with Crippen LogP contribution in [0.2, 0.25) is 5.02 Å². The third kappa shape index (κ3) is 4.85. The second-order valence-corrected chi connectivity index (χ2v) is 15.1. The van der Waals surface area contributed by atoms with Crippen molar-refractivity contribution in [3.8, 4) is 29.0 Å². The van der Waals surface area contributed by atoms with Gasteiger partial charge in [0.1, 0.15) is 47.5 Å². The number of aromatic nitrogens is 2. The molecule has 0 bridgehead atoms. The van der Waals surface area contributed by atoms with Crippen molar-refractivity contribution in [1.29, 1.82) is 5.26 Å². The van der Waals surface area contributed by atoms with Gasteiger partial charge in [-0.15, -0.1) is 11.3 Å². The van der Waals surface area contributed by atoms with Gasteiger partial charge in [-0.25, -0.2) is 17.6 Å². The summed E-state index contributed by atoms with van der Waals surface area (Å²) in [7, 11) is 1.32. The number of rotatable bonds is 5. The van der Waals surface area contributed by atoms with Gasteiger partial charge in [-0.3, -0.25) is 9.69 Å². The molecule has 1 amide bonds. The molecule has 3 saturated heterocycles. The molecule has 3 fully saturated rings. The van der Waals surface area contributed by atoms with E-state index in [9.17, 15) is 18.8 Å². The van der Waals surface area contributed by atoms with Gasteiger partial charge in [-0.05, 0) is 49.8 Å². The highest BCUT2D eigenvalue weighted by atomic mass is 35.5. The number of benzene rings is 2. The van der Waals surface area contributed by atoms with Crippen LogP contribution < -0.4 is 20.1 Å². The molecule has 0 saturated carbocycles. The molecule has 2 unspecified atom stereocenters. The highest BCUT2D eigenvalue weighted by Gasteiger charge is 2.48. The second kappa shape index (κ2) is 12.0. The van der Waals surface area contributed by atoms with Crippen molar-refractivity contribution in [1.82, 2.24) is 19.8 Å². The number of anilines is 2. The highest BCUT2D eigenvalue weighted by molar-refractivity contribution is 7.23. The first-order chi connectivity index (χ1) is 23.9. The van der Waals surface area contributed by atoms with Crippen LogP contribution in [0, 0.1) is 28.9 Å². The lowest BCUT2D eigenvalue weighted by Crippen LogP contribution is -2.50. The molecule has 6 heterocycles. The third-order valence-electron chi connectivity index (χ3n) is 10.7. The molecule has 0 spiro atoms. The zero-order chi connectivity index (χ0) is 35.2. The zero-order valence-electron chi connectivity index (χ0n) is 27.1. The van der Waals surface area contributed by atoms with Crippen LogP contribution in [0.25, 0.3) is 32.1 Å². The summed E-state index contributed by atoms with van der Waals surface area (Å²) in [5.41, 5.74) is 5.44. The molecule has 0 aliphatic carbocycles. The highest BCUT2D eigenvalue weighted by Crippen LogP contribution is 2.51. The lowest BCUT2D eigenvalue weighted by molar-refractivity contribution is -0.136. The fourth-order valence-corrected chi connectivity index (χ4v) is 9.72. The SMILES string of the molecule is C[C@H]1CN2CCC[C@@]2(COc2nc3c4c(c(Cl)c(-c5ccc(F)c6sc(N)c(C#N)c56)c(F)c4n2)OCC2C(=O)N(C)C(C(F)F)CCN32)C1. The van der Waals surface area contributed by atoms with Crippen molar-refractivity contribution in [2.45, 2.75) is 56.7 Å². The van der Waals surface area contributed by atoms with E-state index in [1.807, 2.05) is 6.07 Å². The Morgan fingerprint density at radius 3 is 2.82 bits per heavy atom. The van der Waals surface area contributed by atoms with Crippen molar-refractivity contribution in [3.63, 3.8) is 0 Å². The van der Waals surface area contributed by atoms with Crippen LogP contribution in [0.1, 0.15) is 38.2 Å². The van der Waals surface area contributed by atoms with Crippen LogP contribution in [0.3, 0.4) is 0 Å². The summed E-state index contributed by atoms with van der Waals surface area (Å²) >= 11 is 7.85. The summed E-state index contributed by atoms with van der Waals surface area (Å²) in [5, 5.41) is 9.90. The maximum Gasteiger partial charge on any atom is 0.319 e. The number of carbonyl (C=O) groups excluding carboxylic acids is 1. The van der Waals surface area contributed by atoms with Crippen LogP contribution in [0.5, 0.6) is 11.8 Å². The van der Waals surface area contributed by atoms with Gasteiger partial charge in [-0.1, -0.05) is 24.6 Å². The molecule has 2 N–H and O–H groups in total. The first kappa shape index (κ1) is 33.0. The first-order valence-corrected chi connectivity index (χ1v) is 17.6. The average molecular weight is 730 g/mol. The van der Waals surface area contributed by atoms with Gasteiger partial charge in [0.2, 0.25) is 5.91 Å². The van der Waals surface area contributed by atoms with Crippen LogP contribution in [-0.2, 0) is 4.79 Å². The summed E-state index contributed by atoms with van der Waals surface area (Å²) < 4.78 is 73.0. The Morgan fingerprint density at radius 2 is 2.06 bits per heavy atom. The number of ether oxygens (including phenoxy) is 2. The Kier molecular flexibility index (Phi) is 7.92. The molecular weight excluding hydrogens is 698 g/mol. The standard InChI is InChI=1S/C34H32ClF4N7O3S/c1-15-10-34(7-3-8-45(34)12-15)14-49-33-42-26-23-27(48-13-20-32(47)44(2)19(29(38)39)6-9-46(20)31(23)43-33)24(35)22(25(26)37)16-4-5-18(36)28-21(16)17(11-40)30(41)50-28/h4-5,15,19-20,29H,3,6-10,12-14,41H2,1-2H3/t15-,19?,20?,34+/m1/s1. The summed E-state index contributed by atoms with van der Waals surface area (Å²) in [5.74, 6) is -1.71. The normalized spacial score (nSPS) is 25.1. The van der Waals surface area contributed by atoms with Crippen LogP contribution >= 0.6 is 22.9 Å². The van der Waals surface area contributed by atoms with E-state index in [0.29, 0.717) is 5.92 Å². The molecule has 8 rings (SSSR count). The maximum absolute atomic E-state index is 17.2. The molecule has 262 valence electrons. The third-order valence-corrected chi connectivity index (χ3v) is 12.1. The van der Waals surface area contributed by atoms with Crippen molar-refractivity contribution >= 4 is 60.7 Å². The number of nitrogen functional groups attached to an aromatic ring is 1. The maximum atomic E-state index is 17.2. The Balaban J connectivity index is 1.35. The number of thiophene rings is 1. The molecule has 4 atom stereocenters. The van der Waals surface area contributed by atoms with Gasteiger partial charge >= 0.3 is 6.01 Å². The topological polar surface area (TPSA) is 121 Å². The summed E-state index contributed by atoms with van der Waals surface area (Å²) in [6.07, 6.45) is -0.0488. The van der Waals surface area contributed by atoms with E-state index in [0.717, 1.165) is 54.7 Å². The molecule has 4 aliphatic heterocycles. The number of amides is 1. The molecule has 4 aliphatic rings. The van der Waals surface area contributed by atoms with E-state index in [-0.39, 0.29) is 97.0 Å². The van der Waals surface area contributed by atoms with Gasteiger partial charge in [0.15, 0.2) is 11.6 Å². The van der Waals surface area contributed by atoms with Crippen molar-refractivity contribution < 1.29 is 31.8 Å². The summed E-state index contributed by atoms with van der Waals surface area (Å²) in [4.78, 5) is 28.0. The van der Waals surface area contributed by atoms with E-state index in [4.69, 9.17) is 31.8 Å². The van der Waals surface area contributed by atoms with Gasteiger partial charge in [0.25, 0.3) is 6.43 Å². The number of fused-ring (bicyclic) bond motifs is 4. The van der Waals surface area contributed by atoms with Gasteiger partial charge in [0, 0.05) is 31.1 Å². The quantitative estimate of drug-likeness (QED) is 0.239. The van der Waals surface area contributed by atoms with E-state index in [1.165, 1.54) is 13.1 Å². The van der Waals surface area contributed by atoms with Crippen LogP contribution in [0.4, 0.5) is 28.4 Å². The fourth-order valence-electron chi connectivity index (χ4n) is 8.43.